The number of rotatable bonds is 3. The summed E-state index contributed by atoms with van der Waals surface area (Å²) in [4.78, 5) is 41.3. The maximum Gasteiger partial charge on any atom is 0.328 e. The highest BCUT2D eigenvalue weighted by molar-refractivity contribution is 8.02. The lowest BCUT2D eigenvalue weighted by atomic mass is 10.0. The summed E-state index contributed by atoms with van der Waals surface area (Å²) in [6.07, 6.45) is 1.24. The Morgan fingerprint density at radius 3 is 2.56 bits per heavy atom. The van der Waals surface area contributed by atoms with E-state index < -0.39 is 17.9 Å². The molecule has 0 radical (unpaired) electrons. The second kappa shape index (κ2) is 7.08. The first-order chi connectivity index (χ1) is 12.9. The van der Waals surface area contributed by atoms with Gasteiger partial charge in [-0.1, -0.05) is 13.8 Å². The van der Waals surface area contributed by atoms with E-state index in [1.165, 1.54) is 4.90 Å². The van der Waals surface area contributed by atoms with Crippen LogP contribution in [0.25, 0.3) is 0 Å². The normalized spacial score (nSPS) is 27.6. The number of fused-ring (bicyclic) bond motifs is 1. The topological polar surface area (TPSA) is 100 Å². The molecule has 0 bridgehead atoms. The Kier molecular flexibility index (Phi) is 4.91. The van der Waals surface area contributed by atoms with Crippen LogP contribution in [0.15, 0.2) is 10.6 Å². The molecule has 4 aliphatic rings. The van der Waals surface area contributed by atoms with Crippen LogP contribution < -0.4 is 10.0 Å². The fourth-order valence-corrected chi connectivity index (χ4v) is 4.73. The number of nitrogens with zero attached hydrogens (tertiary/aromatic N) is 2. The Balaban J connectivity index is 1.47. The average molecular weight is 396 g/mol. The molecule has 1 spiro atoms. The minimum absolute atomic E-state index is 0.168. The molecule has 4 amide bonds. The summed E-state index contributed by atoms with van der Waals surface area (Å²) >= 11 is 1.11. The number of likely N-dealkylation sites (tertiary alicyclic amines) is 1. The van der Waals surface area contributed by atoms with Crippen LogP contribution in [-0.2, 0) is 19.1 Å². The van der Waals surface area contributed by atoms with E-state index in [-0.39, 0.29) is 17.7 Å². The van der Waals surface area contributed by atoms with Gasteiger partial charge < -0.3 is 19.7 Å². The molecule has 1 atom stereocenters. The highest BCUT2D eigenvalue weighted by Gasteiger charge is 2.46. The van der Waals surface area contributed by atoms with Crippen LogP contribution in [0.5, 0.6) is 0 Å². The van der Waals surface area contributed by atoms with Crippen molar-refractivity contribution in [3.63, 3.8) is 0 Å². The van der Waals surface area contributed by atoms with E-state index in [4.69, 9.17) is 9.47 Å². The van der Waals surface area contributed by atoms with Crippen LogP contribution in [0.1, 0.15) is 26.7 Å². The van der Waals surface area contributed by atoms with Gasteiger partial charge in [0.15, 0.2) is 5.79 Å². The first-order valence-electron chi connectivity index (χ1n) is 9.26. The fraction of sp³-hybridized carbons (Fsp3) is 0.706. The van der Waals surface area contributed by atoms with Crippen molar-refractivity contribution in [2.45, 2.75) is 38.5 Å². The lowest BCUT2D eigenvalue weighted by Gasteiger charge is -2.37. The van der Waals surface area contributed by atoms with Crippen LogP contribution in [0.2, 0.25) is 0 Å². The van der Waals surface area contributed by atoms with Crippen LogP contribution >= 0.6 is 11.9 Å². The van der Waals surface area contributed by atoms with Crippen molar-refractivity contribution in [1.82, 2.24) is 19.8 Å². The SMILES string of the molecule is CC(C)CN1C(=O)NC2=C(C(=O)N3CCC4(CC3)OCCO4)SNC2C1=O. The van der Waals surface area contributed by atoms with Crippen LogP contribution in [0.3, 0.4) is 0 Å². The van der Waals surface area contributed by atoms with Gasteiger partial charge in [-0.25, -0.2) is 9.52 Å². The number of imide groups is 1. The van der Waals surface area contributed by atoms with Gasteiger partial charge >= 0.3 is 6.03 Å². The molecule has 3 fully saturated rings. The molecule has 0 saturated carbocycles. The van der Waals surface area contributed by atoms with Gasteiger partial charge in [0.25, 0.3) is 11.8 Å². The quantitative estimate of drug-likeness (QED) is 0.666. The molecular formula is C17H24N4O5S. The number of hydrogen-bond acceptors (Lipinski definition) is 7. The van der Waals surface area contributed by atoms with E-state index in [1.54, 1.807) is 4.90 Å². The van der Waals surface area contributed by atoms with Crippen molar-refractivity contribution in [2.75, 3.05) is 32.8 Å². The first-order valence-corrected chi connectivity index (χ1v) is 10.1. The summed E-state index contributed by atoms with van der Waals surface area (Å²) in [7, 11) is 0. The van der Waals surface area contributed by atoms with E-state index in [9.17, 15) is 14.4 Å². The standard InChI is InChI=1S/C17H24N4O5S/c1-10(2)9-21-14(22)12-11(18-16(21)24)13(27-19-12)15(23)20-5-3-17(4-6-20)25-7-8-26-17/h10,12,19H,3-9H2,1-2H3,(H,18,24). The van der Waals surface area contributed by atoms with Crippen LogP contribution in [-0.4, -0.2) is 72.3 Å². The highest BCUT2D eigenvalue weighted by atomic mass is 32.2. The summed E-state index contributed by atoms with van der Waals surface area (Å²) < 4.78 is 14.4. The zero-order valence-electron chi connectivity index (χ0n) is 15.4. The third-order valence-corrected chi connectivity index (χ3v) is 6.13. The van der Waals surface area contributed by atoms with E-state index in [0.717, 1.165) is 11.9 Å². The van der Waals surface area contributed by atoms with Crippen molar-refractivity contribution >= 4 is 29.8 Å². The van der Waals surface area contributed by atoms with Gasteiger partial charge in [0, 0.05) is 32.5 Å². The molecule has 3 saturated heterocycles. The van der Waals surface area contributed by atoms with Gasteiger partial charge in [0.05, 0.1) is 18.9 Å². The summed E-state index contributed by atoms with van der Waals surface area (Å²) in [5, 5.41) is 2.75. The fourth-order valence-electron chi connectivity index (χ4n) is 3.78. The number of nitrogens with one attached hydrogen (secondary N) is 2. The third-order valence-electron chi connectivity index (χ3n) is 5.18. The molecule has 2 N–H and O–H groups in total. The van der Waals surface area contributed by atoms with Crippen molar-refractivity contribution in [3.8, 4) is 0 Å². The number of carbonyl (C=O) groups is 3. The van der Waals surface area contributed by atoms with Crippen LogP contribution in [0, 0.1) is 5.92 Å². The zero-order valence-corrected chi connectivity index (χ0v) is 16.3. The molecule has 4 rings (SSSR count). The number of amides is 4. The van der Waals surface area contributed by atoms with Gasteiger partial charge in [-0.05, 0) is 17.9 Å². The smallest absolute Gasteiger partial charge is 0.328 e. The monoisotopic (exact) mass is 396 g/mol. The predicted molar refractivity (Wildman–Crippen MR) is 97.1 cm³/mol. The summed E-state index contributed by atoms with van der Waals surface area (Å²) in [6.45, 7) is 6.44. The summed E-state index contributed by atoms with van der Waals surface area (Å²) in [6, 6.07) is -1.16. The molecule has 0 aliphatic carbocycles. The lowest BCUT2D eigenvalue weighted by molar-refractivity contribution is -0.186. The summed E-state index contributed by atoms with van der Waals surface area (Å²) in [5.41, 5.74) is 0.369. The number of piperidine rings is 1. The molecule has 0 aromatic heterocycles. The maximum absolute atomic E-state index is 13.0. The van der Waals surface area contributed by atoms with Crippen molar-refractivity contribution in [1.29, 1.82) is 0 Å². The van der Waals surface area contributed by atoms with E-state index >= 15 is 0 Å². The largest absolute Gasteiger partial charge is 0.347 e. The molecule has 0 aromatic carbocycles. The Hall–Kier alpha value is -1.62. The molecule has 4 heterocycles. The van der Waals surface area contributed by atoms with E-state index in [0.29, 0.717) is 56.3 Å². The maximum atomic E-state index is 13.0. The second-order valence-electron chi connectivity index (χ2n) is 7.57. The Morgan fingerprint density at radius 2 is 1.93 bits per heavy atom. The zero-order chi connectivity index (χ0) is 19.2. The molecule has 4 aliphatic heterocycles. The van der Waals surface area contributed by atoms with Crippen molar-refractivity contribution < 1.29 is 23.9 Å². The number of hydrogen-bond donors (Lipinski definition) is 2. The average Bonchev–Trinajstić information content (AvgIpc) is 3.26. The van der Waals surface area contributed by atoms with E-state index in [2.05, 4.69) is 10.0 Å². The van der Waals surface area contributed by atoms with Gasteiger partial charge in [0.1, 0.15) is 10.9 Å². The van der Waals surface area contributed by atoms with Crippen LogP contribution in [0.4, 0.5) is 4.79 Å². The van der Waals surface area contributed by atoms with Crippen molar-refractivity contribution in [2.24, 2.45) is 5.92 Å². The Bertz CT molecular complexity index is 693. The summed E-state index contributed by atoms with van der Waals surface area (Å²) in [5.74, 6) is -0.877. The molecule has 27 heavy (non-hydrogen) atoms. The second-order valence-corrected chi connectivity index (χ2v) is 8.42. The number of carbonyl (C=O) groups excluding carboxylic acids is 3. The Morgan fingerprint density at radius 1 is 1.26 bits per heavy atom. The van der Waals surface area contributed by atoms with Crippen molar-refractivity contribution in [3.05, 3.63) is 10.6 Å². The molecule has 10 heteroatoms. The van der Waals surface area contributed by atoms with Gasteiger partial charge in [-0.2, -0.15) is 0 Å². The molecule has 9 nitrogen and oxygen atoms in total. The molecule has 148 valence electrons. The third kappa shape index (κ3) is 3.35. The molecule has 1 unspecified atom stereocenters. The number of urea groups is 1. The van der Waals surface area contributed by atoms with Gasteiger partial charge in [-0.15, -0.1) is 0 Å². The van der Waals surface area contributed by atoms with Gasteiger partial charge in [-0.3, -0.25) is 14.5 Å². The lowest BCUT2D eigenvalue weighted by Crippen LogP contribution is -2.58. The number of ether oxygens (including phenoxy) is 2. The van der Waals surface area contributed by atoms with Gasteiger partial charge in [0.2, 0.25) is 0 Å². The highest BCUT2D eigenvalue weighted by Crippen LogP contribution is 2.35. The minimum Gasteiger partial charge on any atom is -0.347 e. The van der Waals surface area contributed by atoms with E-state index in [1.807, 2.05) is 13.8 Å². The molecule has 0 aromatic rings. The predicted octanol–water partition coefficient (Wildman–Crippen LogP) is 0.391. The Labute approximate surface area is 161 Å². The molecular weight excluding hydrogens is 372 g/mol. The minimum atomic E-state index is -0.692. The first kappa shape index (κ1) is 18.7.